The van der Waals surface area contributed by atoms with Gasteiger partial charge in [0.2, 0.25) is 11.1 Å². The van der Waals surface area contributed by atoms with Crippen molar-refractivity contribution in [3.8, 4) is 11.4 Å². The van der Waals surface area contributed by atoms with Gasteiger partial charge in [0.05, 0.1) is 10.8 Å². The van der Waals surface area contributed by atoms with Crippen LogP contribution in [0.3, 0.4) is 0 Å². The molecule has 0 aliphatic heterocycles. The van der Waals surface area contributed by atoms with Crippen molar-refractivity contribution >= 4 is 46.6 Å². The molecule has 0 spiro atoms. The van der Waals surface area contributed by atoms with Gasteiger partial charge in [-0.25, -0.2) is 4.68 Å². The molecule has 0 unspecified atom stereocenters. The van der Waals surface area contributed by atoms with Crippen LogP contribution in [0.15, 0.2) is 47.6 Å². The SMILES string of the molecule is Cc1cc(Cl)ccc1NC(=O)CSc1nnc(-c2ccccc2Cl)n1N. The third kappa shape index (κ3) is 4.12. The van der Waals surface area contributed by atoms with E-state index < -0.39 is 0 Å². The standard InChI is InChI=1S/C17H15Cl2N5OS/c1-10-8-11(18)6-7-14(10)21-15(25)9-26-17-23-22-16(24(17)20)12-4-2-3-5-13(12)19/h2-8H,9,20H2,1H3,(H,21,25). The van der Waals surface area contributed by atoms with Gasteiger partial charge in [-0.2, -0.15) is 0 Å². The highest BCUT2D eigenvalue weighted by Gasteiger charge is 2.16. The minimum atomic E-state index is -0.178. The quantitative estimate of drug-likeness (QED) is 0.492. The fourth-order valence-corrected chi connectivity index (χ4v) is 3.39. The van der Waals surface area contributed by atoms with E-state index in [0.717, 1.165) is 5.56 Å². The first-order valence-electron chi connectivity index (χ1n) is 7.60. The van der Waals surface area contributed by atoms with Crippen molar-refractivity contribution in [2.45, 2.75) is 12.1 Å². The smallest absolute Gasteiger partial charge is 0.234 e. The third-order valence-corrected chi connectivity index (χ3v) is 5.08. The number of aryl methyl sites for hydroxylation is 1. The van der Waals surface area contributed by atoms with Gasteiger partial charge in [-0.05, 0) is 42.8 Å². The number of nitrogens with zero attached hydrogens (tertiary/aromatic N) is 3. The maximum Gasteiger partial charge on any atom is 0.234 e. The maximum absolute atomic E-state index is 12.2. The lowest BCUT2D eigenvalue weighted by Crippen LogP contribution is -2.17. The highest BCUT2D eigenvalue weighted by Crippen LogP contribution is 2.27. The summed E-state index contributed by atoms with van der Waals surface area (Å²) in [6.07, 6.45) is 0. The average Bonchev–Trinajstić information content (AvgIpc) is 2.97. The van der Waals surface area contributed by atoms with Crippen molar-refractivity contribution in [1.82, 2.24) is 14.9 Å². The highest BCUT2D eigenvalue weighted by atomic mass is 35.5. The number of nitrogens with one attached hydrogen (secondary N) is 1. The lowest BCUT2D eigenvalue weighted by Gasteiger charge is -2.08. The fourth-order valence-electron chi connectivity index (χ4n) is 2.29. The van der Waals surface area contributed by atoms with Crippen LogP contribution in [0.2, 0.25) is 10.0 Å². The molecule has 134 valence electrons. The molecule has 3 aromatic rings. The first-order chi connectivity index (χ1) is 12.5. The summed E-state index contributed by atoms with van der Waals surface area (Å²) in [6, 6.07) is 12.5. The number of hydrogen-bond donors (Lipinski definition) is 2. The zero-order chi connectivity index (χ0) is 18.7. The lowest BCUT2D eigenvalue weighted by molar-refractivity contribution is -0.113. The maximum atomic E-state index is 12.2. The van der Waals surface area contributed by atoms with Crippen molar-refractivity contribution in [2.24, 2.45) is 0 Å². The average molecular weight is 408 g/mol. The molecule has 1 heterocycles. The van der Waals surface area contributed by atoms with Crippen molar-refractivity contribution in [1.29, 1.82) is 0 Å². The van der Waals surface area contributed by atoms with Gasteiger partial charge in [0.1, 0.15) is 0 Å². The molecule has 0 bridgehead atoms. The Morgan fingerprint density at radius 1 is 1.23 bits per heavy atom. The number of hydrogen-bond acceptors (Lipinski definition) is 5. The van der Waals surface area contributed by atoms with Gasteiger partial charge in [0.15, 0.2) is 5.82 Å². The molecule has 3 rings (SSSR count). The second-order valence-corrected chi connectivity index (χ2v) is 7.24. The number of carbonyl (C=O) groups is 1. The molecular weight excluding hydrogens is 393 g/mol. The van der Waals surface area contributed by atoms with E-state index in [4.69, 9.17) is 29.0 Å². The van der Waals surface area contributed by atoms with Crippen LogP contribution in [0.25, 0.3) is 11.4 Å². The Labute approximate surface area is 164 Å². The number of anilines is 1. The molecule has 3 N–H and O–H groups in total. The summed E-state index contributed by atoms with van der Waals surface area (Å²) in [6.45, 7) is 1.88. The minimum absolute atomic E-state index is 0.139. The number of halogens is 2. The molecule has 1 amide bonds. The Kier molecular flexibility index (Phi) is 5.70. The number of nitrogen functional groups attached to an aromatic ring is 1. The number of thioether (sulfide) groups is 1. The Morgan fingerprint density at radius 3 is 2.73 bits per heavy atom. The molecular formula is C17H15Cl2N5OS. The first kappa shape index (κ1) is 18.6. The highest BCUT2D eigenvalue weighted by molar-refractivity contribution is 7.99. The van der Waals surface area contributed by atoms with Gasteiger partial charge in [-0.1, -0.05) is 47.1 Å². The number of nitrogens with two attached hydrogens (primary N) is 1. The van der Waals surface area contributed by atoms with Crippen LogP contribution in [0.1, 0.15) is 5.56 Å². The molecule has 26 heavy (non-hydrogen) atoms. The van der Waals surface area contributed by atoms with Crippen molar-refractivity contribution in [3.05, 3.63) is 58.1 Å². The van der Waals surface area contributed by atoms with Gasteiger partial charge >= 0.3 is 0 Å². The Bertz CT molecular complexity index is 960. The molecule has 6 nitrogen and oxygen atoms in total. The predicted octanol–water partition coefficient (Wildman–Crippen LogP) is 4.00. The van der Waals surface area contributed by atoms with Crippen LogP contribution in [0.4, 0.5) is 5.69 Å². The molecule has 0 radical (unpaired) electrons. The molecule has 0 aliphatic rings. The van der Waals surface area contributed by atoms with Crippen LogP contribution < -0.4 is 11.2 Å². The Hall–Kier alpha value is -2.22. The number of benzene rings is 2. The molecule has 0 atom stereocenters. The van der Waals surface area contributed by atoms with E-state index in [0.29, 0.717) is 32.3 Å². The van der Waals surface area contributed by atoms with Crippen LogP contribution in [0.5, 0.6) is 0 Å². The largest absolute Gasteiger partial charge is 0.335 e. The molecule has 2 aromatic carbocycles. The number of aromatic nitrogens is 3. The normalized spacial score (nSPS) is 10.7. The monoisotopic (exact) mass is 407 g/mol. The van der Waals surface area contributed by atoms with Crippen LogP contribution in [0, 0.1) is 6.92 Å². The lowest BCUT2D eigenvalue weighted by atomic mass is 10.2. The summed E-state index contributed by atoms with van der Waals surface area (Å²) in [5.41, 5.74) is 2.28. The summed E-state index contributed by atoms with van der Waals surface area (Å²) in [5, 5.41) is 12.5. The van der Waals surface area contributed by atoms with Crippen LogP contribution in [-0.2, 0) is 4.79 Å². The molecule has 0 aliphatic carbocycles. The molecule has 9 heteroatoms. The minimum Gasteiger partial charge on any atom is -0.335 e. The van der Waals surface area contributed by atoms with E-state index in [9.17, 15) is 4.79 Å². The summed E-state index contributed by atoms with van der Waals surface area (Å²) < 4.78 is 1.33. The predicted molar refractivity (Wildman–Crippen MR) is 106 cm³/mol. The third-order valence-electron chi connectivity index (χ3n) is 3.57. The van der Waals surface area contributed by atoms with Gasteiger partial charge < -0.3 is 11.2 Å². The molecule has 1 aromatic heterocycles. The first-order valence-corrected chi connectivity index (χ1v) is 9.34. The van der Waals surface area contributed by atoms with E-state index in [1.165, 1.54) is 16.4 Å². The Morgan fingerprint density at radius 2 is 2.00 bits per heavy atom. The van der Waals surface area contributed by atoms with Crippen molar-refractivity contribution < 1.29 is 4.79 Å². The summed E-state index contributed by atoms with van der Waals surface area (Å²) in [5.74, 6) is 6.45. The fraction of sp³-hybridized carbons (Fsp3) is 0.118. The number of amides is 1. The second-order valence-electron chi connectivity index (χ2n) is 5.45. The second kappa shape index (κ2) is 7.99. The molecule has 0 saturated heterocycles. The molecule has 0 saturated carbocycles. The number of carbonyl (C=O) groups excluding carboxylic acids is 1. The van der Waals surface area contributed by atoms with Crippen LogP contribution in [-0.4, -0.2) is 26.5 Å². The van der Waals surface area contributed by atoms with Gasteiger partial charge in [-0.15, -0.1) is 10.2 Å². The van der Waals surface area contributed by atoms with Crippen molar-refractivity contribution in [2.75, 3.05) is 16.9 Å². The van der Waals surface area contributed by atoms with Crippen LogP contribution >= 0.6 is 35.0 Å². The summed E-state index contributed by atoms with van der Waals surface area (Å²) >= 11 is 13.3. The summed E-state index contributed by atoms with van der Waals surface area (Å²) in [7, 11) is 0. The topological polar surface area (TPSA) is 85.8 Å². The van der Waals surface area contributed by atoms with E-state index >= 15 is 0 Å². The van der Waals surface area contributed by atoms with Gasteiger partial charge in [0, 0.05) is 16.3 Å². The number of rotatable bonds is 5. The van der Waals surface area contributed by atoms with E-state index in [1.54, 1.807) is 30.3 Å². The zero-order valence-corrected chi connectivity index (χ0v) is 16.1. The Balaban J connectivity index is 1.67. The van der Waals surface area contributed by atoms with E-state index in [2.05, 4.69) is 15.5 Å². The zero-order valence-electron chi connectivity index (χ0n) is 13.7. The van der Waals surface area contributed by atoms with E-state index in [-0.39, 0.29) is 11.7 Å². The van der Waals surface area contributed by atoms with E-state index in [1.807, 2.05) is 19.1 Å². The summed E-state index contributed by atoms with van der Waals surface area (Å²) in [4.78, 5) is 12.2. The van der Waals surface area contributed by atoms with Crippen molar-refractivity contribution in [3.63, 3.8) is 0 Å². The molecule has 0 fully saturated rings. The van der Waals surface area contributed by atoms with Gasteiger partial charge in [0.25, 0.3) is 0 Å². The van der Waals surface area contributed by atoms with Gasteiger partial charge in [-0.3, -0.25) is 4.79 Å².